The van der Waals surface area contributed by atoms with E-state index in [1.807, 2.05) is 60.7 Å². The molecule has 0 aromatic heterocycles. The number of allylic oxidation sites excluding steroid dienone is 2. The van der Waals surface area contributed by atoms with Crippen LogP contribution in [-0.2, 0) is 0 Å². The topological polar surface area (TPSA) is 17.1 Å². The number of carbonyl (C=O) groups is 1. The molecule has 0 bridgehead atoms. The second kappa shape index (κ2) is 6.31. The smallest absolute Gasteiger partial charge is 0.186 e. The fraction of sp³-hybridized carbons (Fsp3) is 0.0625. The summed E-state index contributed by atoms with van der Waals surface area (Å²) in [5.74, 6) is 0.0360. The van der Waals surface area contributed by atoms with Gasteiger partial charge < -0.3 is 0 Å². The maximum absolute atomic E-state index is 12.1. The molecule has 2 aromatic rings. The highest BCUT2D eigenvalue weighted by Crippen LogP contribution is 2.17. The van der Waals surface area contributed by atoms with Crippen molar-refractivity contribution in [1.82, 2.24) is 0 Å². The van der Waals surface area contributed by atoms with Crippen molar-refractivity contribution in [2.75, 3.05) is 5.33 Å². The first kappa shape index (κ1) is 12.8. The monoisotopic (exact) mass is 300 g/mol. The number of halogens is 1. The van der Waals surface area contributed by atoms with Crippen molar-refractivity contribution in [1.29, 1.82) is 0 Å². The van der Waals surface area contributed by atoms with Gasteiger partial charge in [-0.25, -0.2) is 0 Å². The molecule has 0 radical (unpaired) electrons. The predicted octanol–water partition coefficient (Wildman–Crippen LogP) is 4.35. The van der Waals surface area contributed by atoms with Gasteiger partial charge in [-0.3, -0.25) is 4.79 Å². The van der Waals surface area contributed by atoms with Gasteiger partial charge in [-0.15, -0.1) is 0 Å². The number of rotatable bonds is 4. The summed E-state index contributed by atoms with van der Waals surface area (Å²) in [6, 6.07) is 19.2. The van der Waals surface area contributed by atoms with E-state index in [0.717, 1.165) is 11.1 Å². The minimum Gasteiger partial charge on any atom is -0.289 e. The summed E-state index contributed by atoms with van der Waals surface area (Å²) >= 11 is 3.43. The maximum atomic E-state index is 12.1. The number of hydrogen-bond acceptors (Lipinski definition) is 1. The summed E-state index contributed by atoms with van der Waals surface area (Å²) in [5, 5.41) is 0.662. The van der Waals surface area contributed by atoms with E-state index < -0.39 is 0 Å². The van der Waals surface area contributed by atoms with Crippen LogP contribution in [0.3, 0.4) is 0 Å². The van der Waals surface area contributed by atoms with Crippen LogP contribution >= 0.6 is 15.9 Å². The molecule has 0 saturated heterocycles. The Hall–Kier alpha value is -1.67. The first-order chi connectivity index (χ1) is 8.81. The molecule has 90 valence electrons. The Kier molecular flexibility index (Phi) is 4.48. The Balaban J connectivity index is 2.29. The van der Waals surface area contributed by atoms with Gasteiger partial charge in [0.1, 0.15) is 0 Å². The third-order valence-corrected chi connectivity index (χ3v) is 3.26. The van der Waals surface area contributed by atoms with Crippen molar-refractivity contribution >= 4 is 27.3 Å². The lowest BCUT2D eigenvalue weighted by Crippen LogP contribution is -1.97. The molecule has 0 spiro atoms. The summed E-state index contributed by atoms with van der Waals surface area (Å²) < 4.78 is 0. The van der Waals surface area contributed by atoms with Crippen LogP contribution in [0.1, 0.15) is 15.9 Å². The van der Waals surface area contributed by atoms with Gasteiger partial charge in [-0.05, 0) is 17.2 Å². The van der Waals surface area contributed by atoms with Crippen LogP contribution in [0.2, 0.25) is 0 Å². The average Bonchev–Trinajstić information content (AvgIpc) is 2.46. The molecule has 2 aromatic carbocycles. The van der Waals surface area contributed by atoms with Crippen molar-refractivity contribution in [3.63, 3.8) is 0 Å². The molecule has 0 unspecified atom stereocenters. The second-order valence-corrected chi connectivity index (χ2v) is 4.46. The highest BCUT2D eigenvalue weighted by atomic mass is 79.9. The zero-order valence-corrected chi connectivity index (χ0v) is 11.4. The second-order valence-electron chi connectivity index (χ2n) is 3.90. The largest absolute Gasteiger partial charge is 0.289 e. The zero-order chi connectivity index (χ0) is 12.8. The molecule has 0 amide bonds. The molecule has 0 heterocycles. The van der Waals surface area contributed by atoms with Gasteiger partial charge in [0.15, 0.2) is 5.78 Å². The molecule has 0 aliphatic rings. The third-order valence-electron chi connectivity index (χ3n) is 2.65. The molecule has 0 aliphatic carbocycles. The molecule has 18 heavy (non-hydrogen) atoms. The summed E-state index contributed by atoms with van der Waals surface area (Å²) in [7, 11) is 0. The van der Waals surface area contributed by atoms with Crippen LogP contribution in [-0.4, -0.2) is 11.1 Å². The molecular formula is C16H13BrO. The molecule has 2 heteroatoms. The van der Waals surface area contributed by atoms with Crippen molar-refractivity contribution in [3.05, 3.63) is 77.9 Å². The van der Waals surface area contributed by atoms with Gasteiger partial charge in [-0.2, -0.15) is 0 Å². The Morgan fingerprint density at radius 3 is 1.89 bits per heavy atom. The average molecular weight is 301 g/mol. The van der Waals surface area contributed by atoms with Crippen molar-refractivity contribution in [2.24, 2.45) is 0 Å². The van der Waals surface area contributed by atoms with Crippen LogP contribution in [0.4, 0.5) is 0 Å². The van der Waals surface area contributed by atoms with E-state index in [1.54, 1.807) is 6.08 Å². The Morgan fingerprint density at radius 2 is 1.39 bits per heavy atom. The maximum Gasteiger partial charge on any atom is 0.186 e. The molecule has 0 fully saturated rings. The minimum atomic E-state index is 0.0360. The molecule has 0 atom stereocenters. The van der Waals surface area contributed by atoms with E-state index in [0.29, 0.717) is 10.9 Å². The van der Waals surface area contributed by atoms with Crippen LogP contribution < -0.4 is 0 Å². The summed E-state index contributed by atoms with van der Waals surface area (Å²) in [5.41, 5.74) is 2.77. The lowest BCUT2D eigenvalue weighted by molar-refractivity contribution is 0.104. The lowest BCUT2D eigenvalue weighted by Gasteiger charge is -2.03. The summed E-state index contributed by atoms with van der Waals surface area (Å²) in [4.78, 5) is 12.1. The Bertz CT molecular complexity index is 544. The first-order valence-electron chi connectivity index (χ1n) is 5.72. The highest BCUT2D eigenvalue weighted by molar-refractivity contribution is 9.09. The predicted molar refractivity (Wildman–Crippen MR) is 79.0 cm³/mol. The highest BCUT2D eigenvalue weighted by Gasteiger charge is 2.05. The Morgan fingerprint density at radius 1 is 0.889 bits per heavy atom. The minimum absolute atomic E-state index is 0.0360. The fourth-order valence-corrected chi connectivity index (χ4v) is 2.18. The lowest BCUT2D eigenvalue weighted by atomic mass is 10.0. The first-order valence-corrected chi connectivity index (χ1v) is 6.85. The number of hydrogen-bond donors (Lipinski definition) is 0. The van der Waals surface area contributed by atoms with Crippen molar-refractivity contribution in [2.45, 2.75) is 0 Å². The molecule has 0 aliphatic heterocycles. The van der Waals surface area contributed by atoms with E-state index >= 15 is 0 Å². The zero-order valence-electron chi connectivity index (χ0n) is 9.84. The van der Waals surface area contributed by atoms with Crippen molar-refractivity contribution < 1.29 is 4.79 Å². The quantitative estimate of drug-likeness (QED) is 0.466. The van der Waals surface area contributed by atoms with Crippen LogP contribution in [0, 0.1) is 0 Å². The fourth-order valence-electron chi connectivity index (χ4n) is 1.70. The molecule has 0 saturated carbocycles. The van der Waals surface area contributed by atoms with Crippen molar-refractivity contribution in [3.8, 4) is 0 Å². The van der Waals surface area contributed by atoms with Crippen LogP contribution in [0.5, 0.6) is 0 Å². The molecule has 0 N–H and O–H groups in total. The van der Waals surface area contributed by atoms with E-state index in [4.69, 9.17) is 0 Å². The van der Waals surface area contributed by atoms with E-state index in [9.17, 15) is 4.79 Å². The van der Waals surface area contributed by atoms with Gasteiger partial charge in [0, 0.05) is 10.9 Å². The van der Waals surface area contributed by atoms with Gasteiger partial charge in [-0.1, -0.05) is 76.6 Å². The summed E-state index contributed by atoms with van der Waals surface area (Å²) in [6.45, 7) is 0. The summed E-state index contributed by atoms with van der Waals surface area (Å²) in [6.07, 6.45) is 1.69. The van der Waals surface area contributed by atoms with Gasteiger partial charge >= 0.3 is 0 Å². The van der Waals surface area contributed by atoms with Gasteiger partial charge in [0.2, 0.25) is 0 Å². The number of ketones is 1. The Labute approximate surface area is 115 Å². The van der Waals surface area contributed by atoms with Crippen LogP contribution in [0.15, 0.2) is 66.7 Å². The van der Waals surface area contributed by atoms with E-state index in [2.05, 4.69) is 15.9 Å². The number of carbonyl (C=O) groups excluding carboxylic acids is 1. The number of benzene rings is 2. The standard InChI is InChI=1S/C16H13BrO/c17-12-15(13-7-3-1-4-8-13)11-16(18)14-9-5-2-6-10-14/h1-11H,12H2/b15-11+. The molecule has 2 rings (SSSR count). The third kappa shape index (κ3) is 3.17. The van der Waals surface area contributed by atoms with Crippen LogP contribution in [0.25, 0.3) is 5.57 Å². The SMILES string of the molecule is O=C(/C=C(\CBr)c1ccccc1)c1ccccc1. The molecular weight excluding hydrogens is 288 g/mol. The van der Waals surface area contributed by atoms with E-state index in [-0.39, 0.29) is 5.78 Å². The molecule has 1 nitrogen and oxygen atoms in total. The normalized spacial score (nSPS) is 11.3. The van der Waals surface area contributed by atoms with E-state index in [1.165, 1.54) is 0 Å². The number of alkyl halides is 1. The van der Waals surface area contributed by atoms with Gasteiger partial charge in [0.25, 0.3) is 0 Å². The van der Waals surface area contributed by atoms with Gasteiger partial charge in [0.05, 0.1) is 0 Å².